The van der Waals surface area contributed by atoms with Crippen LogP contribution in [-0.2, 0) is 0 Å². The minimum atomic E-state index is 0.704. The fourth-order valence-electron chi connectivity index (χ4n) is 8.82. The molecule has 4 heterocycles. The predicted octanol–water partition coefficient (Wildman–Crippen LogP) is 12.4. The van der Waals surface area contributed by atoms with E-state index in [4.69, 9.17) is 9.97 Å². The third kappa shape index (κ3) is 3.65. The van der Waals surface area contributed by atoms with Crippen molar-refractivity contribution in [2.75, 3.05) is 0 Å². The number of fused-ring (bicyclic) bond motifs is 13. The molecule has 8 aromatic carbocycles. The van der Waals surface area contributed by atoms with Gasteiger partial charge in [-0.1, -0.05) is 127 Å². The molecule has 4 aromatic heterocycles. The highest BCUT2D eigenvalue weighted by Gasteiger charge is 2.26. The van der Waals surface area contributed by atoms with E-state index in [1.807, 2.05) is 0 Å². The van der Waals surface area contributed by atoms with E-state index in [9.17, 15) is 0 Å². The zero-order chi connectivity index (χ0) is 33.9. The maximum Gasteiger partial charge on any atom is 0.162 e. The van der Waals surface area contributed by atoms with Crippen LogP contribution in [0.4, 0.5) is 0 Å². The molecule has 4 heteroatoms. The molecular formula is C48H28N4. The summed E-state index contributed by atoms with van der Waals surface area (Å²) < 4.78 is 4.91. The molecule has 0 saturated carbocycles. The van der Waals surface area contributed by atoms with Crippen molar-refractivity contribution in [1.29, 1.82) is 0 Å². The van der Waals surface area contributed by atoms with E-state index < -0.39 is 0 Å². The molecule has 0 aliphatic rings. The Hall–Kier alpha value is -7.04. The predicted molar refractivity (Wildman–Crippen MR) is 217 cm³/mol. The average Bonchev–Trinajstić information content (AvgIpc) is 3.86. The molecule has 0 fully saturated rings. The van der Waals surface area contributed by atoms with Gasteiger partial charge in [-0.25, -0.2) is 9.97 Å². The van der Waals surface area contributed by atoms with Crippen LogP contribution in [0.5, 0.6) is 0 Å². The molecule has 0 amide bonds. The molecule has 0 unspecified atom stereocenters. The van der Waals surface area contributed by atoms with Crippen LogP contribution in [0.25, 0.3) is 110 Å². The second-order valence-corrected chi connectivity index (χ2v) is 13.8. The van der Waals surface area contributed by atoms with Gasteiger partial charge in [0.25, 0.3) is 0 Å². The summed E-state index contributed by atoms with van der Waals surface area (Å²) in [4.78, 5) is 10.7. The van der Waals surface area contributed by atoms with Crippen LogP contribution in [0.15, 0.2) is 170 Å². The highest BCUT2D eigenvalue weighted by atomic mass is 15.1. The topological polar surface area (TPSA) is 35.1 Å². The second kappa shape index (κ2) is 10.3. The third-order valence-corrected chi connectivity index (χ3v) is 11.0. The lowest BCUT2D eigenvalue weighted by Gasteiger charge is -2.14. The minimum absolute atomic E-state index is 0.704. The molecule has 0 radical (unpaired) electrons. The van der Waals surface area contributed by atoms with Gasteiger partial charge in [-0.2, -0.15) is 0 Å². The number of para-hydroxylation sites is 3. The van der Waals surface area contributed by atoms with E-state index in [-0.39, 0.29) is 0 Å². The summed E-state index contributed by atoms with van der Waals surface area (Å²) in [5.41, 5.74) is 10.2. The van der Waals surface area contributed by atoms with E-state index >= 15 is 0 Å². The summed E-state index contributed by atoms with van der Waals surface area (Å²) in [7, 11) is 0. The second-order valence-electron chi connectivity index (χ2n) is 13.8. The van der Waals surface area contributed by atoms with Crippen molar-refractivity contribution in [3.63, 3.8) is 0 Å². The average molecular weight is 661 g/mol. The molecule has 0 N–H and O–H groups in total. The van der Waals surface area contributed by atoms with E-state index in [1.165, 1.54) is 70.7 Å². The van der Waals surface area contributed by atoms with Crippen LogP contribution in [0.1, 0.15) is 0 Å². The first-order chi connectivity index (χ1) is 25.8. The summed E-state index contributed by atoms with van der Waals surface area (Å²) in [6, 6.07) is 60.9. The summed E-state index contributed by atoms with van der Waals surface area (Å²) >= 11 is 0. The Morgan fingerprint density at radius 1 is 0.365 bits per heavy atom. The van der Waals surface area contributed by atoms with Crippen molar-refractivity contribution in [1.82, 2.24) is 18.9 Å². The van der Waals surface area contributed by atoms with Crippen molar-refractivity contribution in [2.24, 2.45) is 0 Å². The quantitative estimate of drug-likeness (QED) is 0.189. The van der Waals surface area contributed by atoms with Crippen molar-refractivity contribution in [3.05, 3.63) is 170 Å². The van der Waals surface area contributed by atoms with Gasteiger partial charge in [-0.3, -0.25) is 4.57 Å². The zero-order valence-corrected chi connectivity index (χ0v) is 28.0. The van der Waals surface area contributed by atoms with Gasteiger partial charge in [-0.15, -0.1) is 0 Å². The van der Waals surface area contributed by atoms with Crippen LogP contribution in [0, 0.1) is 0 Å². The SMILES string of the molecule is c1ccc(-c2cccc(-c3nc(-n4c5ccccc5c5cc6c7ccccc7n7c8ccc9ccccc9c8c(c54)c67)c4ccccc4n3)c2)cc1. The van der Waals surface area contributed by atoms with Gasteiger partial charge in [0.2, 0.25) is 0 Å². The van der Waals surface area contributed by atoms with Crippen molar-refractivity contribution in [2.45, 2.75) is 0 Å². The van der Waals surface area contributed by atoms with Crippen LogP contribution in [0.2, 0.25) is 0 Å². The zero-order valence-electron chi connectivity index (χ0n) is 28.0. The lowest BCUT2D eigenvalue weighted by molar-refractivity contribution is 1.08. The first-order valence-electron chi connectivity index (χ1n) is 17.8. The molecule has 0 bridgehead atoms. The number of hydrogen-bond acceptors (Lipinski definition) is 2. The lowest BCUT2D eigenvalue weighted by atomic mass is 9.99. The standard InChI is InChI=1S/C48H28N4/c1-2-13-29(14-3-1)31-16-12-17-32(27-31)47-49-39-22-9-6-21-36(39)48(50-47)52-41-24-11-8-20-35(41)38-28-37-34-19-7-10-23-40(34)51-42-26-25-30-15-4-5-18-33(30)43(42)44(45(37)51)46(38)52/h1-28H. The minimum Gasteiger partial charge on any atom is -0.308 e. The molecule has 12 aromatic rings. The monoisotopic (exact) mass is 660 g/mol. The Labute approximate surface area is 297 Å². The molecule has 0 spiro atoms. The Morgan fingerprint density at radius 3 is 1.88 bits per heavy atom. The van der Waals surface area contributed by atoms with Crippen molar-refractivity contribution < 1.29 is 0 Å². The van der Waals surface area contributed by atoms with Crippen molar-refractivity contribution in [3.8, 4) is 28.3 Å². The fraction of sp³-hybridized carbons (Fsp3) is 0. The molecule has 52 heavy (non-hydrogen) atoms. The molecule has 0 atom stereocenters. The van der Waals surface area contributed by atoms with E-state index in [2.05, 4.69) is 179 Å². The maximum absolute atomic E-state index is 5.53. The highest BCUT2D eigenvalue weighted by Crippen LogP contribution is 2.48. The number of rotatable bonds is 3. The molecule has 0 saturated heterocycles. The summed E-state index contributed by atoms with van der Waals surface area (Å²) in [6.07, 6.45) is 0. The third-order valence-electron chi connectivity index (χ3n) is 11.0. The number of benzene rings is 8. The van der Waals surface area contributed by atoms with E-state index in [0.29, 0.717) is 5.82 Å². The van der Waals surface area contributed by atoms with Gasteiger partial charge >= 0.3 is 0 Å². The number of aromatic nitrogens is 4. The Kier molecular flexibility index (Phi) is 5.47. The summed E-state index contributed by atoms with van der Waals surface area (Å²) in [5.74, 6) is 1.58. The molecule has 240 valence electrons. The van der Waals surface area contributed by atoms with Gasteiger partial charge in [0.05, 0.1) is 33.1 Å². The van der Waals surface area contributed by atoms with Gasteiger partial charge in [0, 0.05) is 43.3 Å². The summed E-state index contributed by atoms with van der Waals surface area (Å²) in [6.45, 7) is 0. The normalized spacial score (nSPS) is 12.2. The largest absolute Gasteiger partial charge is 0.308 e. The van der Waals surface area contributed by atoms with E-state index in [0.717, 1.165) is 33.4 Å². The van der Waals surface area contributed by atoms with Crippen LogP contribution < -0.4 is 0 Å². The number of hydrogen-bond donors (Lipinski definition) is 0. The van der Waals surface area contributed by atoms with Gasteiger partial charge < -0.3 is 4.40 Å². The highest BCUT2D eigenvalue weighted by molar-refractivity contribution is 6.37. The fourth-order valence-corrected chi connectivity index (χ4v) is 8.82. The first kappa shape index (κ1) is 27.7. The molecular weight excluding hydrogens is 633 g/mol. The molecule has 0 aliphatic carbocycles. The smallest absolute Gasteiger partial charge is 0.162 e. The first-order valence-corrected chi connectivity index (χ1v) is 17.8. The van der Waals surface area contributed by atoms with Crippen LogP contribution >= 0.6 is 0 Å². The lowest BCUT2D eigenvalue weighted by Crippen LogP contribution is -2.03. The van der Waals surface area contributed by atoms with Gasteiger partial charge in [0.1, 0.15) is 5.82 Å². The van der Waals surface area contributed by atoms with Gasteiger partial charge in [0.15, 0.2) is 5.82 Å². The van der Waals surface area contributed by atoms with Crippen LogP contribution in [-0.4, -0.2) is 18.9 Å². The Morgan fingerprint density at radius 2 is 1.02 bits per heavy atom. The van der Waals surface area contributed by atoms with Gasteiger partial charge in [-0.05, 0) is 64.4 Å². The van der Waals surface area contributed by atoms with Crippen molar-refractivity contribution >= 4 is 81.6 Å². The maximum atomic E-state index is 5.53. The summed E-state index contributed by atoms with van der Waals surface area (Å²) in [5, 5.41) is 11.0. The number of nitrogens with zero attached hydrogens (tertiary/aromatic N) is 4. The van der Waals surface area contributed by atoms with Crippen LogP contribution in [0.3, 0.4) is 0 Å². The molecule has 4 nitrogen and oxygen atoms in total. The Bertz CT molecular complexity index is 3410. The Balaban J connectivity index is 1.29. The molecule has 12 rings (SSSR count). The van der Waals surface area contributed by atoms with E-state index in [1.54, 1.807) is 0 Å². The molecule has 0 aliphatic heterocycles.